The van der Waals surface area contributed by atoms with Crippen molar-refractivity contribution in [2.45, 2.75) is 96.2 Å². The lowest BCUT2D eigenvalue weighted by atomic mass is 9.87. The number of fused-ring (bicyclic) bond motifs is 1. The molecule has 1 N–H and O–H groups in total. The maximum Gasteiger partial charge on any atom is 0.313 e. The zero-order chi connectivity index (χ0) is 22.9. The monoisotopic (exact) mass is 443 g/mol. The van der Waals surface area contributed by atoms with E-state index in [4.69, 9.17) is 4.74 Å². The van der Waals surface area contributed by atoms with E-state index in [0.29, 0.717) is 22.5 Å². The Labute approximate surface area is 189 Å². The Balaban J connectivity index is 2.27. The molecule has 0 spiro atoms. The summed E-state index contributed by atoms with van der Waals surface area (Å²) in [5, 5.41) is 11.3. The zero-order valence-electron chi connectivity index (χ0n) is 20.4. The molecular weight excluding hydrogens is 402 g/mol. The number of carbonyl (C=O) groups is 1. The molecule has 0 aliphatic heterocycles. The highest BCUT2D eigenvalue weighted by Gasteiger charge is 2.46. The molecule has 4 nitrogen and oxygen atoms in total. The first kappa shape index (κ1) is 23.9. The van der Waals surface area contributed by atoms with Crippen molar-refractivity contribution >= 4 is 25.1 Å². The number of rotatable bonds is 8. The number of ether oxygens (including phenoxy) is 1. The van der Waals surface area contributed by atoms with E-state index >= 15 is 0 Å². The highest BCUT2D eigenvalue weighted by Crippen LogP contribution is 2.47. The normalized spacial score (nSPS) is 16.7. The van der Waals surface area contributed by atoms with Gasteiger partial charge in [-0.3, -0.25) is 4.79 Å². The molecule has 1 unspecified atom stereocenters. The second-order valence-electron chi connectivity index (χ2n) is 10.5. The predicted molar refractivity (Wildman–Crippen MR) is 131 cm³/mol. The van der Waals surface area contributed by atoms with Crippen LogP contribution in [0.1, 0.15) is 85.1 Å². The molecule has 172 valence electrons. The number of benzene rings is 1. The Kier molecular flexibility index (Phi) is 7.24. The van der Waals surface area contributed by atoms with Crippen molar-refractivity contribution in [3.8, 4) is 5.75 Å². The Morgan fingerprint density at radius 3 is 2.19 bits per heavy atom. The van der Waals surface area contributed by atoms with Gasteiger partial charge in [-0.2, -0.15) is 0 Å². The number of esters is 1. The first-order chi connectivity index (χ1) is 14.6. The number of phenolic OH excluding ortho intramolecular Hbond substituents is 1. The van der Waals surface area contributed by atoms with Gasteiger partial charge in [-0.25, -0.2) is 0 Å². The van der Waals surface area contributed by atoms with Crippen molar-refractivity contribution in [3.63, 3.8) is 0 Å². The minimum absolute atomic E-state index is 0.153. The van der Waals surface area contributed by atoms with Gasteiger partial charge in [0.25, 0.3) is 0 Å². The molecule has 1 aliphatic rings. The lowest BCUT2D eigenvalue weighted by molar-refractivity contribution is -0.142. The first-order valence-corrected chi connectivity index (χ1v) is 14.2. The zero-order valence-corrected chi connectivity index (χ0v) is 21.4. The van der Waals surface area contributed by atoms with Crippen LogP contribution in [0.3, 0.4) is 0 Å². The van der Waals surface area contributed by atoms with Gasteiger partial charge in [-0.15, -0.1) is 0 Å². The standard InChI is InChI=1S/C26H41NO3Si/c1-17(2)31(18(3)4,19(5)6)27-16-24(22-15-21(28)12-13-25(22)27)23(26(29)30-7)14-20-10-8-9-11-20/h12-13,15-20,23,28H,8-11,14H2,1-7H3. The quantitative estimate of drug-likeness (QED) is 0.346. The van der Waals surface area contributed by atoms with E-state index in [9.17, 15) is 9.90 Å². The smallest absolute Gasteiger partial charge is 0.313 e. The summed E-state index contributed by atoms with van der Waals surface area (Å²) in [6.07, 6.45) is 8.00. The van der Waals surface area contributed by atoms with Crippen LogP contribution in [0.25, 0.3) is 10.9 Å². The van der Waals surface area contributed by atoms with Gasteiger partial charge in [-0.1, -0.05) is 67.2 Å². The van der Waals surface area contributed by atoms with Gasteiger partial charge in [0.1, 0.15) is 5.75 Å². The summed E-state index contributed by atoms with van der Waals surface area (Å²) < 4.78 is 7.85. The van der Waals surface area contributed by atoms with Crippen LogP contribution < -0.4 is 0 Å². The van der Waals surface area contributed by atoms with E-state index in [2.05, 4.69) is 52.0 Å². The van der Waals surface area contributed by atoms with Crippen LogP contribution in [-0.2, 0) is 9.53 Å². The number of methoxy groups -OCH3 is 1. The van der Waals surface area contributed by atoms with Gasteiger partial charge in [0.15, 0.2) is 8.24 Å². The van der Waals surface area contributed by atoms with E-state index in [1.807, 2.05) is 12.1 Å². The highest BCUT2D eigenvalue weighted by molar-refractivity contribution is 6.82. The van der Waals surface area contributed by atoms with Crippen LogP contribution >= 0.6 is 0 Å². The summed E-state index contributed by atoms with van der Waals surface area (Å²) in [5.74, 6) is 0.390. The molecule has 1 aromatic carbocycles. The van der Waals surface area contributed by atoms with Crippen LogP contribution in [0.15, 0.2) is 24.4 Å². The third-order valence-electron chi connectivity index (χ3n) is 7.92. The number of hydrogen-bond donors (Lipinski definition) is 1. The largest absolute Gasteiger partial charge is 0.508 e. The summed E-state index contributed by atoms with van der Waals surface area (Å²) in [7, 11) is -0.521. The van der Waals surface area contributed by atoms with Crippen LogP contribution in [-0.4, -0.2) is 30.7 Å². The van der Waals surface area contributed by atoms with Crippen LogP contribution in [0.4, 0.5) is 0 Å². The Hall–Kier alpha value is -1.75. The highest BCUT2D eigenvalue weighted by atomic mass is 28.3. The molecule has 2 aromatic rings. The predicted octanol–water partition coefficient (Wildman–Crippen LogP) is 7.21. The summed E-state index contributed by atoms with van der Waals surface area (Å²) in [4.78, 5) is 13.0. The van der Waals surface area contributed by atoms with Gasteiger partial charge in [0, 0.05) is 17.1 Å². The SMILES string of the molecule is COC(=O)C(CC1CCCC1)c1cn([Si](C(C)C)(C(C)C)C(C)C)c2ccc(O)cc12. The Bertz CT molecular complexity index is 887. The lowest BCUT2D eigenvalue weighted by Gasteiger charge is -2.44. The molecule has 1 fully saturated rings. The van der Waals surface area contributed by atoms with Gasteiger partial charge >= 0.3 is 5.97 Å². The Morgan fingerprint density at radius 1 is 1.10 bits per heavy atom. The first-order valence-electron chi connectivity index (χ1n) is 12.1. The number of aromatic nitrogens is 1. The maximum atomic E-state index is 13.0. The van der Waals surface area contributed by atoms with Gasteiger partial charge in [0.2, 0.25) is 0 Å². The second-order valence-corrected chi connectivity index (χ2v) is 16.2. The maximum absolute atomic E-state index is 13.0. The van der Waals surface area contributed by atoms with Crippen LogP contribution in [0, 0.1) is 5.92 Å². The molecule has 0 radical (unpaired) electrons. The molecule has 3 rings (SSSR count). The van der Waals surface area contributed by atoms with Crippen molar-refractivity contribution in [1.82, 2.24) is 4.23 Å². The molecule has 0 saturated heterocycles. The number of nitrogens with zero attached hydrogens (tertiary/aromatic N) is 1. The third kappa shape index (κ3) is 4.18. The summed E-state index contributed by atoms with van der Waals surface area (Å²) in [5.41, 5.74) is 3.79. The molecule has 0 bridgehead atoms. The summed E-state index contributed by atoms with van der Waals surface area (Å²) in [6, 6.07) is 5.69. The third-order valence-corrected chi connectivity index (χ3v) is 14.7. The fourth-order valence-corrected chi connectivity index (χ4v) is 13.4. The van der Waals surface area contributed by atoms with Gasteiger partial charge < -0.3 is 14.1 Å². The topological polar surface area (TPSA) is 51.5 Å². The van der Waals surface area contributed by atoms with Gasteiger partial charge in [0.05, 0.1) is 13.0 Å². The minimum atomic E-state index is -2.02. The van der Waals surface area contributed by atoms with E-state index in [-0.39, 0.29) is 17.6 Å². The lowest BCUT2D eigenvalue weighted by Crippen LogP contribution is -2.51. The molecular formula is C26H41NO3Si. The molecule has 1 saturated carbocycles. The number of carbonyl (C=O) groups excluding carboxylic acids is 1. The van der Waals surface area contributed by atoms with Crippen LogP contribution in [0.5, 0.6) is 5.75 Å². The molecule has 1 heterocycles. The summed E-state index contributed by atoms with van der Waals surface area (Å²) in [6.45, 7) is 14.1. The van der Waals surface area contributed by atoms with Crippen LogP contribution in [0.2, 0.25) is 16.6 Å². The Morgan fingerprint density at radius 2 is 1.68 bits per heavy atom. The van der Waals surface area contributed by atoms with Crippen molar-refractivity contribution in [3.05, 3.63) is 30.0 Å². The van der Waals surface area contributed by atoms with Crippen molar-refractivity contribution in [1.29, 1.82) is 0 Å². The average Bonchev–Trinajstić information content (AvgIpc) is 3.33. The fraction of sp³-hybridized carbons (Fsp3) is 0.654. The molecule has 1 atom stereocenters. The number of aromatic hydroxyl groups is 1. The fourth-order valence-electron chi connectivity index (χ4n) is 6.75. The minimum Gasteiger partial charge on any atom is -0.508 e. The van der Waals surface area contributed by atoms with E-state index in [1.165, 1.54) is 32.8 Å². The molecule has 5 heteroatoms. The summed E-state index contributed by atoms with van der Waals surface area (Å²) >= 11 is 0. The molecule has 1 aliphatic carbocycles. The number of phenols is 1. The van der Waals surface area contributed by atoms with Gasteiger partial charge in [-0.05, 0) is 52.7 Å². The van der Waals surface area contributed by atoms with Crippen molar-refractivity contribution < 1.29 is 14.6 Å². The average molecular weight is 444 g/mol. The van der Waals surface area contributed by atoms with Crippen molar-refractivity contribution in [2.75, 3.05) is 7.11 Å². The van der Waals surface area contributed by atoms with E-state index in [1.54, 1.807) is 6.07 Å². The molecule has 31 heavy (non-hydrogen) atoms. The van der Waals surface area contributed by atoms with E-state index < -0.39 is 8.24 Å². The molecule has 0 amide bonds. The number of hydrogen-bond acceptors (Lipinski definition) is 3. The second kappa shape index (κ2) is 9.39. The van der Waals surface area contributed by atoms with E-state index in [0.717, 1.165) is 22.9 Å². The van der Waals surface area contributed by atoms with Crippen molar-refractivity contribution in [2.24, 2.45) is 5.92 Å². The molecule has 1 aromatic heterocycles.